The molecule has 4 nitrogen and oxygen atoms in total. The van der Waals surface area contributed by atoms with Crippen molar-refractivity contribution >= 4 is 18.4 Å². The lowest BCUT2D eigenvalue weighted by atomic mass is 9.48. The lowest BCUT2D eigenvalue weighted by Crippen LogP contribution is -2.50. The van der Waals surface area contributed by atoms with Crippen molar-refractivity contribution in [2.75, 3.05) is 0 Å². The number of allylic oxidation sites excluding steroid dienone is 3. The molecule has 0 amide bonds. The Morgan fingerprint density at radius 2 is 1.66 bits per heavy atom. The molecule has 0 aromatic rings. The Kier molecular flexibility index (Phi) is 5.78. The van der Waals surface area contributed by atoms with E-state index in [-0.39, 0.29) is 23.2 Å². The summed E-state index contributed by atoms with van der Waals surface area (Å²) in [6, 6.07) is 0. The predicted molar refractivity (Wildman–Crippen MR) is 119 cm³/mol. The monoisotopic (exact) mass is 492 g/mol. The molecule has 0 bridgehead atoms. The summed E-state index contributed by atoms with van der Waals surface area (Å²) in [5, 5.41) is 0. The minimum Gasteiger partial charge on any atom is -0.414 e. The van der Waals surface area contributed by atoms with Crippen molar-refractivity contribution in [3.8, 4) is 0 Å². The van der Waals surface area contributed by atoms with Gasteiger partial charge >= 0.3 is 15.6 Å². The highest BCUT2D eigenvalue weighted by atomic mass is 32.2. The molecule has 2 fully saturated rings. The van der Waals surface area contributed by atoms with E-state index >= 15 is 0 Å². The molecule has 9 heteroatoms. The fraction of sp³-hybridized carbons (Fsp3) is 0.826. The molecule has 0 aliphatic heterocycles. The van der Waals surface area contributed by atoms with Crippen molar-refractivity contribution in [1.29, 1.82) is 0 Å². The quantitative estimate of drug-likeness (QED) is 0.194. The highest BCUT2D eigenvalue weighted by Gasteiger charge is 2.59. The second-order valence-corrected chi connectivity index (χ2v) is 17.6. The van der Waals surface area contributed by atoms with Gasteiger partial charge in [-0.05, 0) is 93.8 Å². The van der Waals surface area contributed by atoms with Crippen LogP contribution in [0.4, 0.5) is 13.2 Å². The average Bonchev–Trinajstić information content (AvgIpc) is 2.96. The van der Waals surface area contributed by atoms with Gasteiger partial charge in [-0.1, -0.05) is 25.5 Å². The van der Waals surface area contributed by atoms with E-state index in [1.54, 1.807) is 6.08 Å². The van der Waals surface area contributed by atoms with Crippen LogP contribution in [0.2, 0.25) is 19.6 Å². The van der Waals surface area contributed by atoms with Crippen LogP contribution in [0.3, 0.4) is 0 Å². The van der Waals surface area contributed by atoms with Crippen LogP contribution >= 0.6 is 0 Å². The molecular formula is C23H35F3O4SSi. The van der Waals surface area contributed by atoms with Crippen LogP contribution < -0.4 is 0 Å². The van der Waals surface area contributed by atoms with Gasteiger partial charge in [-0.15, -0.1) is 0 Å². The molecule has 0 heterocycles. The van der Waals surface area contributed by atoms with Crippen LogP contribution in [0.5, 0.6) is 0 Å². The average molecular weight is 493 g/mol. The largest absolute Gasteiger partial charge is 0.534 e. The van der Waals surface area contributed by atoms with Crippen LogP contribution in [0.25, 0.3) is 0 Å². The summed E-state index contributed by atoms with van der Waals surface area (Å²) in [6.45, 7) is 10.9. The van der Waals surface area contributed by atoms with Gasteiger partial charge in [0.05, 0.1) is 0 Å². The van der Waals surface area contributed by atoms with Gasteiger partial charge in [0.15, 0.2) is 8.32 Å². The Hall–Kier alpha value is -0.803. The van der Waals surface area contributed by atoms with E-state index in [2.05, 4.69) is 36.8 Å². The summed E-state index contributed by atoms with van der Waals surface area (Å²) in [4.78, 5) is 0. The zero-order valence-electron chi connectivity index (χ0n) is 19.6. The standard InChI is InChI=1S/C23H35F3O4SSi/c1-21-12-10-16(30-32(3,4)5)14-15(21)6-7-17-18-8-9-20(22(18,2)13-11-19(17)21)29-31(27,28)23(24,25)26/h6,9,16-19H,7-8,10-14H2,1-5H3/t16?,17?,18?,19?,21-,22-/m0/s1. The Morgan fingerprint density at radius 3 is 2.28 bits per heavy atom. The van der Waals surface area contributed by atoms with Crippen LogP contribution in [-0.2, 0) is 18.7 Å². The van der Waals surface area contributed by atoms with Gasteiger partial charge in [0.2, 0.25) is 0 Å². The molecule has 4 aliphatic carbocycles. The summed E-state index contributed by atoms with van der Waals surface area (Å²) in [6.07, 6.45) is 10.3. The van der Waals surface area contributed by atoms with Crippen LogP contribution in [0.1, 0.15) is 58.8 Å². The van der Waals surface area contributed by atoms with Crippen molar-refractivity contribution in [2.24, 2.45) is 28.6 Å². The Morgan fingerprint density at radius 1 is 1.00 bits per heavy atom. The van der Waals surface area contributed by atoms with Crippen molar-refractivity contribution in [1.82, 2.24) is 0 Å². The van der Waals surface area contributed by atoms with Gasteiger partial charge < -0.3 is 8.61 Å². The number of hydrogen-bond acceptors (Lipinski definition) is 4. The second-order valence-electron chi connectivity index (χ2n) is 11.6. The summed E-state index contributed by atoms with van der Waals surface area (Å²) in [5.41, 5.74) is -4.50. The minimum absolute atomic E-state index is 0.00884. The molecule has 0 aromatic heterocycles. The smallest absolute Gasteiger partial charge is 0.414 e. The fourth-order valence-corrected chi connectivity index (χ4v) is 8.84. The van der Waals surface area contributed by atoms with Crippen molar-refractivity contribution in [3.05, 3.63) is 23.5 Å². The number of alkyl halides is 3. The lowest BCUT2D eigenvalue weighted by molar-refractivity contribution is -0.0582. The fourth-order valence-electron chi connectivity index (χ4n) is 7.05. The zero-order chi connectivity index (χ0) is 23.7. The van der Waals surface area contributed by atoms with Gasteiger partial charge in [-0.2, -0.15) is 21.6 Å². The Labute approximate surface area is 190 Å². The highest BCUT2D eigenvalue weighted by Crippen LogP contribution is 2.65. The molecule has 6 atom stereocenters. The summed E-state index contributed by atoms with van der Waals surface area (Å²) in [7, 11) is -7.25. The molecule has 2 saturated carbocycles. The first-order valence-electron chi connectivity index (χ1n) is 11.7. The topological polar surface area (TPSA) is 52.6 Å². The normalized spacial score (nSPS) is 40.0. The van der Waals surface area contributed by atoms with E-state index in [1.807, 2.05) is 6.92 Å². The first kappa shape index (κ1) is 24.3. The molecule has 4 aliphatic rings. The summed E-state index contributed by atoms with van der Waals surface area (Å²) in [5.74, 6) is 0.874. The molecule has 182 valence electrons. The molecule has 0 spiro atoms. The maximum atomic E-state index is 12.9. The van der Waals surface area contributed by atoms with E-state index in [4.69, 9.17) is 4.43 Å². The Bertz CT molecular complexity index is 936. The first-order valence-corrected chi connectivity index (χ1v) is 16.5. The van der Waals surface area contributed by atoms with E-state index in [1.165, 1.54) is 5.57 Å². The van der Waals surface area contributed by atoms with Crippen LogP contribution in [-0.4, -0.2) is 28.3 Å². The maximum absolute atomic E-state index is 12.9. The summed E-state index contributed by atoms with van der Waals surface area (Å²) >= 11 is 0. The molecule has 0 radical (unpaired) electrons. The summed E-state index contributed by atoms with van der Waals surface area (Å²) < 4.78 is 73.2. The van der Waals surface area contributed by atoms with Gasteiger partial charge in [-0.25, -0.2) is 0 Å². The SMILES string of the molecule is C[C@]12CCC(O[Si](C)(C)C)CC1=CCC1C2CC[C@]2(C)C(OS(=O)(=O)C(F)(F)F)=CCC12. The first-order chi connectivity index (χ1) is 14.6. The van der Waals surface area contributed by atoms with Crippen molar-refractivity contribution in [2.45, 2.75) is 90.0 Å². The van der Waals surface area contributed by atoms with Gasteiger partial charge in [-0.3, -0.25) is 0 Å². The van der Waals surface area contributed by atoms with Gasteiger partial charge in [0.1, 0.15) is 5.76 Å². The Balaban J connectivity index is 1.54. The number of hydrogen-bond donors (Lipinski definition) is 0. The maximum Gasteiger partial charge on any atom is 0.534 e. The highest BCUT2D eigenvalue weighted by molar-refractivity contribution is 7.87. The number of fused-ring (bicyclic) bond motifs is 5. The van der Waals surface area contributed by atoms with E-state index < -0.39 is 29.4 Å². The molecule has 4 rings (SSSR count). The molecule has 0 N–H and O–H groups in total. The molecule has 4 unspecified atom stereocenters. The van der Waals surface area contributed by atoms with Gasteiger partial charge in [0, 0.05) is 11.5 Å². The predicted octanol–water partition coefficient (Wildman–Crippen LogP) is 6.53. The lowest BCUT2D eigenvalue weighted by Gasteiger charge is -2.57. The van der Waals surface area contributed by atoms with Crippen molar-refractivity contribution < 1.29 is 30.2 Å². The van der Waals surface area contributed by atoms with E-state index in [0.717, 1.165) is 32.1 Å². The molecule has 0 saturated heterocycles. The minimum atomic E-state index is -5.64. The third-order valence-electron chi connectivity index (χ3n) is 8.57. The van der Waals surface area contributed by atoms with Crippen molar-refractivity contribution in [3.63, 3.8) is 0 Å². The molecule has 32 heavy (non-hydrogen) atoms. The van der Waals surface area contributed by atoms with E-state index in [9.17, 15) is 21.6 Å². The third-order valence-corrected chi connectivity index (χ3v) is 10.6. The second kappa shape index (κ2) is 7.60. The molecule has 0 aromatic carbocycles. The van der Waals surface area contributed by atoms with Crippen LogP contribution in [0.15, 0.2) is 23.5 Å². The van der Waals surface area contributed by atoms with E-state index in [0.29, 0.717) is 24.7 Å². The van der Waals surface area contributed by atoms with Gasteiger partial charge in [0.25, 0.3) is 0 Å². The zero-order valence-corrected chi connectivity index (χ0v) is 21.4. The molecular weight excluding hydrogens is 457 g/mol. The number of halogens is 3. The third kappa shape index (κ3) is 4.00. The van der Waals surface area contributed by atoms with Crippen LogP contribution in [0, 0.1) is 28.6 Å². The number of rotatable bonds is 4.